The fourth-order valence-corrected chi connectivity index (χ4v) is 4.99. The number of aromatic nitrogens is 1. The molecule has 2 saturated heterocycles. The molecule has 1 aromatic heterocycles. The lowest BCUT2D eigenvalue weighted by Crippen LogP contribution is -2.52. The predicted octanol–water partition coefficient (Wildman–Crippen LogP) is 1.82. The lowest BCUT2D eigenvalue weighted by atomic mass is 10.0. The maximum atomic E-state index is 12.9. The van der Waals surface area contributed by atoms with Gasteiger partial charge in [0.15, 0.2) is 0 Å². The van der Waals surface area contributed by atoms with Crippen molar-refractivity contribution in [2.45, 2.75) is 32.0 Å². The second-order valence-corrected chi connectivity index (χ2v) is 8.89. The van der Waals surface area contributed by atoms with Gasteiger partial charge in [-0.15, -0.1) is 0 Å². The molecule has 4 heterocycles. The van der Waals surface area contributed by atoms with Crippen LogP contribution in [-0.4, -0.2) is 64.7 Å². The molecule has 3 aliphatic heterocycles. The molecule has 1 unspecified atom stereocenters. The lowest BCUT2D eigenvalue weighted by Gasteiger charge is -2.36. The van der Waals surface area contributed by atoms with Crippen molar-refractivity contribution in [1.82, 2.24) is 20.1 Å². The fraction of sp³-hybridized carbons (Fsp3) is 0.391. The van der Waals surface area contributed by atoms with Gasteiger partial charge in [0.2, 0.25) is 11.8 Å². The number of rotatable bonds is 4. The number of anilines is 1. The van der Waals surface area contributed by atoms with Crippen molar-refractivity contribution in [3.05, 3.63) is 58.4 Å². The summed E-state index contributed by atoms with van der Waals surface area (Å²) in [6.45, 7) is 4.81. The lowest BCUT2D eigenvalue weighted by molar-refractivity contribution is -0.136. The molecule has 32 heavy (non-hydrogen) atoms. The van der Waals surface area contributed by atoms with Crippen molar-refractivity contribution in [3.8, 4) is 0 Å². The summed E-state index contributed by atoms with van der Waals surface area (Å²) in [5.74, 6) is -0.789. The Morgan fingerprint density at radius 3 is 2.66 bits per heavy atom. The topological polar surface area (TPSA) is 85.9 Å². The van der Waals surface area contributed by atoms with E-state index in [9.17, 15) is 14.4 Å². The van der Waals surface area contributed by atoms with Crippen LogP contribution >= 0.6 is 11.6 Å². The maximum absolute atomic E-state index is 12.9. The van der Waals surface area contributed by atoms with Crippen molar-refractivity contribution in [2.24, 2.45) is 0 Å². The molecule has 0 spiro atoms. The molecular weight excluding hydrogens is 430 g/mol. The maximum Gasteiger partial charge on any atom is 0.255 e. The number of hydrogen-bond donors (Lipinski definition) is 1. The minimum atomic E-state index is -0.580. The van der Waals surface area contributed by atoms with E-state index in [1.165, 1.54) is 0 Å². The average molecular weight is 454 g/mol. The number of fused-ring (bicyclic) bond motifs is 1. The van der Waals surface area contributed by atoms with Gasteiger partial charge in [-0.25, -0.2) is 0 Å². The number of nitrogens with zero attached hydrogens (tertiary/aromatic N) is 4. The number of hydrogen-bond acceptors (Lipinski definition) is 6. The van der Waals surface area contributed by atoms with Crippen LogP contribution in [0.25, 0.3) is 0 Å². The van der Waals surface area contributed by atoms with E-state index in [0.717, 1.165) is 49.5 Å². The highest BCUT2D eigenvalue weighted by Crippen LogP contribution is 2.29. The Hall–Kier alpha value is -2.97. The van der Waals surface area contributed by atoms with Crippen molar-refractivity contribution >= 4 is 35.0 Å². The summed E-state index contributed by atoms with van der Waals surface area (Å²) < 4.78 is 0. The van der Waals surface area contributed by atoms with E-state index in [2.05, 4.69) is 26.2 Å². The number of benzene rings is 1. The first-order chi connectivity index (χ1) is 15.5. The van der Waals surface area contributed by atoms with E-state index in [1.807, 2.05) is 18.2 Å². The molecule has 1 aromatic carbocycles. The molecule has 0 saturated carbocycles. The van der Waals surface area contributed by atoms with Gasteiger partial charge < -0.3 is 9.80 Å². The number of nitrogens with one attached hydrogen (secondary N) is 1. The van der Waals surface area contributed by atoms with Gasteiger partial charge in [-0.05, 0) is 29.7 Å². The number of carbonyl (C=O) groups excluding carboxylic acids is 3. The Labute approximate surface area is 191 Å². The van der Waals surface area contributed by atoms with Crippen LogP contribution in [0.1, 0.15) is 34.3 Å². The van der Waals surface area contributed by atoms with E-state index in [1.54, 1.807) is 17.3 Å². The normalized spacial score (nSPS) is 21.7. The number of imide groups is 1. The molecule has 2 fully saturated rings. The molecule has 3 amide bonds. The number of amides is 3. The number of halogens is 1. The monoisotopic (exact) mass is 453 g/mol. The van der Waals surface area contributed by atoms with E-state index in [0.29, 0.717) is 23.6 Å². The minimum Gasteiger partial charge on any atom is -0.368 e. The van der Waals surface area contributed by atoms with Gasteiger partial charge in [-0.2, -0.15) is 0 Å². The smallest absolute Gasteiger partial charge is 0.255 e. The zero-order chi connectivity index (χ0) is 22.2. The van der Waals surface area contributed by atoms with Crippen LogP contribution in [0.5, 0.6) is 0 Å². The Kier molecular flexibility index (Phi) is 5.57. The minimum absolute atomic E-state index is 0.135. The number of pyridine rings is 1. The van der Waals surface area contributed by atoms with Crippen LogP contribution < -0.4 is 10.2 Å². The fourth-order valence-electron chi connectivity index (χ4n) is 4.76. The van der Waals surface area contributed by atoms with Gasteiger partial charge in [-0.3, -0.25) is 29.6 Å². The van der Waals surface area contributed by atoms with Crippen molar-refractivity contribution in [3.63, 3.8) is 0 Å². The molecule has 1 N–H and O–H groups in total. The van der Waals surface area contributed by atoms with E-state index in [4.69, 9.17) is 11.6 Å². The summed E-state index contributed by atoms with van der Waals surface area (Å²) in [6, 6.07) is 7.31. The van der Waals surface area contributed by atoms with Crippen molar-refractivity contribution in [1.29, 1.82) is 0 Å². The largest absolute Gasteiger partial charge is 0.368 e. The van der Waals surface area contributed by atoms with Crippen LogP contribution in [0.15, 0.2) is 36.7 Å². The molecule has 0 radical (unpaired) electrons. The molecule has 8 nitrogen and oxygen atoms in total. The Morgan fingerprint density at radius 2 is 1.91 bits per heavy atom. The summed E-state index contributed by atoms with van der Waals surface area (Å²) >= 11 is 6.28. The molecular formula is C23H24ClN5O3. The molecule has 3 aliphatic rings. The standard InChI is InChI=1S/C23H24ClN5O3/c24-18-12-25-6-5-19(18)28-9-7-27(8-10-28)13-15-1-2-17-16(11-15)14-29(23(17)32)20-3-4-21(30)26-22(20)31/h1-2,5-6,11-12,20H,3-4,7-10,13-14H2,(H,26,30,31). The molecule has 2 aromatic rings. The van der Waals surface area contributed by atoms with Gasteiger partial charge in [0.1, 0.15) is 6.04 Å². The summed E-state index contributed by atoms with van der Waals surface area (Å²) in [5, 5.41) is 3.01. The highest BCUT2D eigenvalue weighted by molar-refractivity contribution is 6.33. The summed E-state index contributed by atoms with van der Waals surface area (Å²) in [7, 11) is 0. The highest BCUT2D eigenvalue weighted by atomic mass is 35.5. The Bertz CT molecular complexity index is 1080. The summed E-state index contributed by atoms with van der Waals surface area (Å²) in [5.41, 5.74) is 3.76. The van der Waals surface area contributed by atoms with Crippen LogP contribution in [0, 0.1) is 0 Å². The van der Waals surface area contributed by atoms with Crippen molar-refractivity contribution in [2.75, 3.05) is 31.1 Å². The third kappa shape index (κ3) is 3.96. The number of carbonyl (C=O) groups is 3. The number of piperidine rings is 1. The molecule has 5 rings (SSSR count). The molecule has 0 bridgehead atoms. The van der Waals surface area contributed by atoms with Crippen LogP contribution in [0.4, 0.5) is 5.69 Å². The number of piperazine rings is 1. The van der Waals surface area contributed by atoms with E-state index in [-0.39, 0.29) is 24.1 Å². The quantitative estimate of drug-likeness (QED) is 0.711. The molecule has 9 heteroatoms. The first-order valence-electron chi connectivity index (χ1n) is 10.8. The predicted molar refractivity (Wildman–Crippen MR) is 119 cm³/mol. The second kappa shape index (κ2) is 8.52. The Morgan fingerprint density at radius 1 is 1.09 bits per heavy atom. The third-order valence-electron chi connectivity index (χ3n) is 6.46. The van der Waals surface area contributed by atoms with Gasteiger partial charge in [0, 0.05) is 63.6 Å². The van der Waals surface area contributed by atoms with Crippen LogP contribution in [0.3, 0.4) is 0 Å². The first kappa shape index (κ1) is 20.9. The summed E-state index contributed by atoms with van der Waals surface area (Å²) in [6.07, 6.45) is 4.08. The van der Waals surface area contributed by atoms with Crippen molar-refractivity contribution < 1.29 is 14.4 Å². The zero-order valence-electron chi connectivity index (χ0n) is 17.6. The highest BCUT2D eigenvalue weighted by Gasteiger charge is 2.39. The first-order valence-corrected chi connectivity index (χ1v) is 11.2. The third-order valence-corrected chi connectivity index (χ3v) is 6.75. The van der Waals surface area contributed by atoms with E-state index < -0.39 is 6.04 Å². The van der Waals surface area contributed by atoms with E-state index >= 15 is 0 Å². The molecule has 1 atom stereocenters. The summed E-state index contributed by atoms with van der Waals surface area (Å²) in [4.78, 5) is 46.8. The van der Waals surface area contributed by atoms with Crippen LogP contribution in [-0.2, 0) is 22.7 Å². The molecule has 0 aliphatic carbocycles. The SMILES string of the molecule is O=C1CCC(N2Cc3cc(CN4CCN(c5ccncc5Cl)CC4)ccc3C2=O)C(=O)N1. The van der Waals surface area contributed by atoms with Crippen LogP contribution in [0.2, 0.25) is 5.02 Å². The van der Waals surface area contributed by atoms with Gasteiger partial charge in [-0.1, -0.05) is 23.7 Å². The van der Waals surface area contributed by atoms with Gasteiger partial charge >= 0.3 is 0 Å². The van der Waals surface area contributed by atoms with Gasteiger partial charge in [0.25, 0.3) is 5.91 Å². The zero-order valence-corrected chi connectivity index (χ0v) is 18.3. The second-order valence-electron chi connectivity index (χ2n) is 8.48. The molecule has 166 valence electrons. The Balaban J connectivity index is 1.22. The average Bonchev–Trinajstić information content (AvgIpc) is 3.10. The van der Waals surface area contributed by atoms with Gasteiger partial charge in [0.05, 0.1) is 10.7 Å².